The number of carbonyl (C=O) groups is 2. The molecule has 0 aliphatic carbocycles. The number of aliphatic hydroxyl groups excluding tert-OH is 1. The van der Waals surface area contributed by atoms with Gasteiger partial charge in [-0.25, -0.2) is 9.97 Å². The standard InChI is InChI=1S/C24H25N5O3/c30-17-21(23(32)28-13-15-29(16-14-28)24-25-11-4-12-26-24)27-22(31)20-9-7-19(8-10-20)18-5-2-1-3-6-18/h1-12,21,30H,13-17H2,(H,27,31). The third kappa shape index (κ3) is 4.92. The molecule has 1 saturated heterocycles. The van der Waals surface area contributed by atoms with E-state index in [0.29, 0.717) is 37.7 Å². The highest BCUT2D eigenvalue weighted by molar-refractivity contribution is 5.98. The minimum absolute atomic E-state index is 0.296. The molecule has 2 heterocycles. The number of nitrogens with one attached hydrogen (secondary N) is 1. The van der Waals surface area contributed by atoms with Crippen molar-refractivity contribution in [3.8, 4) is 11.1 Å². The maximum absolute atomic E-state index is 12.9. The van der Waals surface area contributed by atoms with Gasteiger partial charge in [0.1, 0.15) is 6.04 Å². The van der Waals surface area contributed by atoms with Gasteiger partial charge in [0.15, 0.2) is 0 Å². The van der Waals surface area contributed by atoms with Crippen molar-refractivity contribution in [3.05, 3.63) is 78.6 Å². The van der Waals surface area contributed by atoms with E-state index in [1.54, 1.807) is 35.5 Å². The van der Waals surface area contributed by atoms with E-state index >= 15 is 0 Å². The van der Waals surface area contributed by atoms with Gasteiger partial charge >= 0.3 is 0 Å². The molecule has 3 aromatic rings. The number of benzene rings is 2. The Hall–Kier alpha value is -3.78. The van der Waals surface area contributed by atoms with Crippen molar-refractivity contribution >= 4 is 17.8 Å². The topological polar surface area (TPSA) is 98.7 Å². The highest BCUT2D eigenvalue weighted by Gasteiger charge is 2.29. The molecule has 0 radical (unpaired) electrons. The number of aromatic nitrogens is 2. The molecule has 1 aliphatic heterocycles. The second-order valence-electron chi connectivity index (χ2n) is 7.51. The fourth-order valence-electron chi connectivity index (χ4n) is 3.67. The first-order valence-corrected chi connectivity index (χ1v) is 10.5. The predicted molar refractivity (Wildman–Crippen MR) is 121 cm³/mol. The molecule has 2 N–H and O–H groups in total. The number of rotatable bonds is 6. The number of hydrogen-bond acceptors (Lipinski definition) is 6. The van der Waals surface area contributed by atoms with Crippen LogP contribution in [-0.2, 0) is 4.79 Å². The average Bonchev–Trinajstić information content (AvgIpc) is 2.88. The predicted octanol–water partition coefficient (Wildman–Crippen LogP) is 1.58. The molecular formula is C24H25N5O3. The third-order valence-electron chi connectivity index (χ3n) is 5.47. The third-order valence-corrected chi connectivity index (χ3v) is 5.47. The Morgan fingerprint density at radius 1 is 0.875 bits per heavy atom. The van der Waals surface area contributed by atoms with Crippen molar-refractivity contribution in [2.24, 2.45) is 0 Å². The van der Waals surface area contributed by atoms with Crippen LogP contribution >= 0.6 is 0 Å². The molecule has 1 aromatic heterocycles. The summed E-state index contributed by atoms with van der Waals surface area (Å²) in [4.78, 5) is 37.7. The molecule has 0 bridgehead atoms. The molecule has 1 fully saturated rings. The van der Waals surface area contributed by atoms with Gasteiger partial charge < -0.3 is 20.2 Å². The molecule has 2 amide bonds. The zero-order chi connectivity index (χ0) is 22.3. The number of nitrogens with zero attached hydrogens (tertiary/aromatic N) is 4. The first-order chi connectivity index (χ1) is 15.7. The van der Waals surface area contributed by atoms with Gasteiger partial charge in [-0.3, -0.25) is 9.59 Å². The van der Waals surface area contributed by atoms with Gasteiger partial charge in [0.25, 0.3) is 5.91 Å². The summed E-state index contributed by atoms with van der Waals surface area (Å²) in [5, 5.41) is 12.4. The van der Waals surface area contributed by atoms with Crippen molar-refractivity contribution in [1.82, 2.24) is 20.2 Å². The lowest BCUT2D eigenvalue weighted by Crippen LogP contribution is -2.56. The summed E-state index contributed by atoms with van der Waals surface area (Å²) in [7, 11) is 0. The molecule has 0 spiro atoms. The van der Waals surface area contributed by atoms with Gasteiger partial charge in [-0.15, -0.1) is 0 Å². The maximum atomic E-state index is 12.9. The maximum Gasteiger partial charge on any atom is 0.251 e. The van der Waals surface area contributed by atoms with Gasteiger partial charge in [0.2, 0.25) is 11.9 Å². The van der Waals surface area contributed by atoms with Gasteiger partial charge in [-0.1, -0.05) is 42.5 Å². The molecule has 2 aromatic carbocycles. The Morgan fingerprint density at radius 3 is 2.12 bits per heavy atom. The summed E-state index contributed by atoms with van der Waals surface area (Å²) >= 11 is 0. The normalized spacial score (nSPS) is 14.7. The van der Waals surface area contributed by atoms with Crippen LogP contribution < -0.4 is 10.2 Å². The molecule has 4 rings (SSSR count). The van der Waals surface area contributed by atoms with Crippen LogP contribution in [0, 0.1) is 0 Å². The summed E-state index contributed by atoms with van der Waals surface area (Å²) < 4.78 is 0. The highest BCUT2D eigenvalue weighted by Crippen LogP contribution is 2.19. The van der Waals surface area contributed by atoms with Crippen molar-refractivity contribution < 1.29 is 14.7 Å². The largest absolute Gasteiger partial charge is 0.394 e. The molecular weight excluding hydrogens is 406 g/mol. The van der Waals surface area contributed by atoms with Crippen LogP contribution in [0.25, 0.3) is 11.1 Å². The molecule has 1 unspecified atom stereocenters. The first-order valence-electron chi connectivity index (χ1n) is 10.5. The van der Waals surface area contributed by atoms with Crippen LogP contribution in [-0.4, -0.2) is 70.6 Å². The van der Waals surface area contributed by atoms with Crippen LogP contribution in [0.4, 0.5) is 5.95 Å². The second-order valence-corrected chi connectivity index (χ2v) is 7.51. The Labute approximate surface area is 186 Å². The first kappa shape index (κ1) is 21.5. The number of aliphatic hydroxyl groups is 1. The lowest BCUT2D eigenvalue weighted by Gasteiger charge is -2.36. The van der Waals surface area contributed by atoms with Crippen LogP contribution in [0.3, 0.4) is 0 Å². The minimum atomic E-state index is -0.990. The summed E-state index contributed by atoms with van der Waals surface area (Å²) in [6.07, 6.45) is 3.37. The summed E-state index contributed by atoms with van der Waals surface area (Å²) in [5.74, 6) is -0.0609. The molecule has 0 saturated carbocycles. The smallest absolute Gasteiger partial charge is 0.251 e. The van der Waals surface area contributed by atoms with E-state index in [-0.39, 0.29) is 5.91 Å². The summed E-state index contributed by atoms with van der Waals surface area (Å²) in [5.41, 5.74) is 2.49. The lowest BCUT2D eigenvalue weighted by molar-refractivity contribution is -0.134. The van der Waals surface area contributed by atoms with Crippen LogP contribution in [0.15, 0.2) is 73.1 Å². The molecule has 8 heteroatoms. The van der Waals surface area contributed by atoms with Crippen molar-refractivity contribution in [1.29, 1.82) is 0 Å². The zero-order valence-corrected chi connectivity index (χ0v) is 17.6. The molecule has 32 heavy (non-hydrogen) atoms. The zero-order valence-electron chi connectivity index (χ0n) is 17.6. The average molecular weight is 431 g/mol. The van der Waals surface area contributed by atoms with Gasteiger partial charge in [-0.05, 0) is 29.3 Å². The number of anilines is 1. The minimum Gasteiger partial charge on any atom is -0.394 e. The lowest BCUT2D eigenvalue weighted by atomic mass is 10.0. The second kappa shape index (κ2) is 10.0. The van der Waals surface area contributed by atoms with Crippen molar-refractivity contribution in [3.63, 3.8) is 0 Å². The molecule has 8 nitrogen and oxygen atoms in total. The van der Waals surface area contributed by atoms with Gasteiger partial charge in [-0.2, -0.15) is 0 Å². The van der Waals surface area contributed by atoms with E-state index in [2.05, 4.69) is 15.3 Å². The Morgan fingerprint density at radius 2 is 1.50 bits per heavy atom. The van der Waals surface area contributed by atoms with E-state index in [1.165, 1.54) is 0 Å². The van der Waals surface area contributed by atoms with Crippen LogP contribution in [0.2, 0.25) is 0 Å². The van der Waals surface area contributed by atoms with E-state index in [4.69, 9.17) is 0 Å². The van der Waals surface area contributed by atoms with Crippen molar-refractivity contribution in [2.75, 3.05) is 37.7 Å². The number of hydrogen-bond donors (Lipinski definition) is 2. The van der Waals surface area contributed by atoms with Gasteiger partial charge in [0, 0.05) is 44.1 Å². The monoisotopic (exact) mass is 431 g/mol. The Bertz CT molecular complexity index is 1040. The van der Waals surface area contributed by atoms with E-state index < -0.39 is 18.6 Å². The highest BCUT2D eigenvalue weighted by atomic mass is 16.3. The quantitative estimate of drug-likeness (QED) is 0.615. The Kier molecular flexibility index (Phi) is 6.72. The molecule has 1 atom stereocenters. The Balaban J connectivity index is 1.34. The number of carbonyl (C=O) groups excluding carboxylic acids is 2. The SMILES string of the molecule is O=C(NC(CO)C(=O)N1CCN(c2ncccn2)CC1)c1ccc(-c2ccccc2)cc1. The molecule has 1 aliphatic rings. The van der Waals surface area contributed by atoms with Crippen LogP contribution in [0.1, 0.15) is 10.4 Å². The number of amides is 2. The van der Waals surface area contributed by atoms with Crippen LogP contribution in [0.5, 0.6) is 0 Å². The fourth-order valence-corrected chi connectivity index (χ4v) is 3.67. The van der Waals surface area contributed by atoms with Crippen molar-refractivity contribution in [2.45, 2.75) is 6.04 Å². The van der Waals surface area contributed by atoms with E-state index in [0.717, 1.165) is 11.1 Å². The number of piperazine rings is 1. The van der Waals surface area contributed by atoms with Gasteiger partial charge in [0.05, 0.1) is 6.61 Å². The van der Waals surface area contributed by atoms with E-state index in [9.17, 15) is 14.7 Å². The van der Waals surface area contributed by atoms with E-state index in [1.807, 2.05) is 47.4 Å². The summed E-state index contributed by atoms with van der Waals surface area (Å²) in [6.45, 7) is 1.64. The molecule has 164 valence electrons. The fraction of sp³-hybridized carbons (Fsp3) is 0.250. The summed E-state index contributed by atoms with van der Waals surface area (Å²) in [6, 6.07) is 17.8.